The maximum atomic E-state index is 13.8. The summed E-state index contributed by atoms with van der Waals surface area (Å²) in [5, 5.41) is 3.52. The Kier molecular flexibility index (Phi) is 5.78. The van der Waals surface area contributed by atoms with Crippen molar-refractivity contribution in [2.24, 2.45) is 29.6 Å². The zero-order valence-corrected chi connectivity index (χ0v) is 22.1. The first-order valence-electron chi connectivity index (χ1n) is 12.9. The average Bonchev–Trinajstić information content (AvgIpc) is 3.64. The number of fused-ring (bicyclic) bond motifs is 9. The van der Waals surface area contributed by atoms with E-state index in [0.717, 1.165) is 33.2 Å². The number of hydrogen-bond acceptors (Lipinski definition) is 6. The van der Waals surface area contributed by atoms with Gasteiger partial charge in [-0.1, -0.05) is 23.5 Å². The number of carbonyl (C=O) groups is 3. The predicted molar refractivity (Wildman–Crippen MR) is 141 cm³/mol. The lowest BCUT2D eigenvalue weighted by Crippen LogP contribution is -2.42. The second-order valence-corrected chi connectivity index (χ2v) is 12.8. The lowest BCUT2D eigenvalue weighted by atomic mass is 9.68. The number of anilines is 1. The Morgan fingerprint density at radius 3 is 2.28 bits per heavy atom. The van der Waals surface area contributed by atoms with E-state index < -0.39 is 17.7 Å². The molecule has 0 spiro atoms. The molecular formula is C28H23F2N3O4S2. The zero-order valence-electron chi connectivity index (χ0n) is 20.4. The highest BCUT2D eigenvalue weighted by molar-refractivity contribution is 8.00. The summed E-state index contributed by atoms with van der Waals surface area (Å²) in [6.07, 6.45) is 0.701. The minimum Gasteiger partial charge on any atom is -0.326 e. The number of imide groups is 1. The number of aromatic nitrogens is 1. The monoisotopic (exact) mass is 567 g/mol. The fourth-order valence-corrected chi connectivity index (χ4v) is 10.2. The number of H-pyrrole nitrogens is 1. The number of hydrogen-bond donors (Lipinski definition) is 2. The van der Waals surface area contributed by atoms with Gasteiger partial charge in [-0.25, -0.2) is 8.78 Å². The third-order valence-corrected chi connectivity index (χ3v) is 11.3. The van der Waals surface area contributed by atoms with E-state index in [0.29, 0.717) is 5.69 Å². The highest BCUT2D eigenvalue weighted by Gasteiger charge is 2.69. The summed E-state index contributed by atoms with van der Waals surface area (Å²) < 4.78 is 26.9. The standard InChI is InChI=1S/C28H23F2N3O4S2/c29-13-3-1-12(2-4-13)19-20-16-11-17(23(20)38-25-24(19)39-28(37)32-25)22-21(16)26(35)33(27(22)36)10-9-18(34)31-15-7-5-14(30)6-8-15/h1-8,16-17,19-23H,9-11H2,(H,31,34)(H,32,37). The van der Waals surface area contributed by atoms with Crippen molar-refractivity contribution >= 4 is 46.5 Å². The molecule has 1 aromatic heterocycles. The number of thiazole rings is 1. The number of benzene rings is 2. The molecule has 2 bridgehead atoms. The molecule has 4 aliphatic rings. The second-order valence-electron chi connectivity index (χ2n) is 10.6. The average molecular weight is 568 g/mol. The maximum Gasteiger partial charge on any atom is 0.305 e. The van der Waals surface area contributed by atoms with E-state index in [1.54, 1.807) is 23.9 Å². The van der Waals surface area contributed by atoms with Crippen LogP contribution in [-0.4, -0.2) is 39.4 Å². The van der Waals surface area contributed by atoms with E-state index in [9.17, 15) is 28.0 Å². The van der Waals surface area contributed by atoms with Gasteiger partial charge < -0.3 is 10.3 Å². The summed E-state index contributed by atoms with van der Waals surface area (Å²) in [4.78, 5) is 56.9. The largest absolute Gasteiger partial charge is 0.326 e. The van der Waals surface area contributed by atoms with Gasteiger partial charge in [0, 0.05) is 34.7 Å². The van der Waals surface area contributed by atoms with Crippen molar-refractivity contribution in [3.63, 3.8) is 0 Å². The second kappa shape index (κ2) is 9.12. The summed E-state index contributed by atoms with van der Waals surface area (Å²) in [5.41, 5.74) is 1.34. The maximum absolute atomic E-state index is 13.8. The number of nitrogens with zero attached hydrogens (tertiary/aromatic N) is 1. The Balaban J connectivity index is 1.14. The highest BCUT2D eigenvalue weighted by Crippen LogP contribution is 2.68. The summed E-state index contributed by atoms with van der Waals surface area (Å²) in [7, 11) is 0. The van der Waals surface area contributed by atoms with Crippen LogP contribution in [0.25, 0.3) is 0 Å². The number of aromatic amines is 1. The van der Waals surface area contributed by atoms with Gasteiger partial charge >= 0.3 is 4.87 Å². The van der Waals surface area contributed by atoms with Crippen LogP contribution in [0.4, 0.5) is 14.5 Å². The van der Waals surface area contributed by atoms with Crippen LogP contribution in [0, 0.1) is 41.2 Å². The Bertz CT molecular complexity index is 1550. The SMILES string of the molecule is O=C(CCN1C(=O)C2C3CC(C2C1=O)C1C(c2ccc(F)cc2)c2sc(=O)[nH]c2SC31)Nc1ccc(F)cc1. The Morgan fingerprint density at radius 2 is 1.59 bits per heavy atom. The van der Waals surface area contributed by atoms with Crippen molar-refractivity contribution in [3.8, 4) is 0 Å². The number of amides is 3. The van der Waals surface area contributed by atoms with Crippen LogP contribution in [-0.2, 0) is 14.4 Å². The molecule has 3 aromatic rings. The number of halogens is 2. The number of rotatable bonds is 5. The summed E-state index contributed by atoms with van der Waals surface area (Å²) in [6.45, 7) is -0.0122. The quantitative estimate of drug-likeness (QED) is 0.450. The molecule has 2 aliphatic heterocycles. The van der Waals surface area contributed by atoms with Crippen LogP contribution in [0.15, 0.2) is 58.4 Å². The number of likely N-dealkylation sites (tertiary alicyclic amines) is 1. The molecule has 7 unspecified atom stereocenters. The summed E-state index contributed by atoms with van der Waals surface area (Å²) in [5.74, 6) is -2.67. The number of nitrogens with one attached hydrogen (secondary N) is 2. The van der Waals surface area contributed by atoms with Crippen molar-refractivity contribution in [1.82, 2.24) is 9.88 Å². The molecule has 2 aromatic carbocycles. The third-order valence-electron chi connectivity index (χ3n) is 8.73. The van der Waals surface area contributed by atoms with Gasteiger partial charge in [0.05, 0.1) is 16.9 Å². The van der Waals surface area contributed by atoms with Crippen molar-refractivity contribution < 1.29 is 23.2 Å². The van der Waals surface area contributed by atoms with Gasteiger partial charge in [0.25, 0.3) is 0 Å². The molecule has 2 saturated carbocycles. The molecule has 11 heteroatoms. The van der Waals surface area contributed by atoms with Gasteiger partial charge in [-0.2, -0.15) is 0 Å². The molecule has 0 radical (unpaired) electrons. The van der Waals surface area contributed by atoms with Crippen molar-refractivity contribution in [3.05, 3.63) is 80.3 Å². The number of carbonyl (C=O) groups excluding carboxylic acids is 3. The molecule has 7 atom stereocenters. The molecule has 200 valence electrons. The Morgan fingerprint density at radius 1 is 0.949 bits per heavy atom. The third kappa shape index (κ3) is 3.88. The first-order chi connectivity index (χ1) is 18.8. The topological polar surface area (TPSA) is 99.3 Å². The minimum absolute atomic E-state index is 0.0122. The van der Waals surface area contributed by atoms with Gasteiger partial charge in [-0.3, -0.25) is 24.1 Å². The van der Waals surface area contributed by atoms with Gasteiger partial charge in [0.2, 0.25) is 17.7 Å². The molecule has 7 rings (SSSR count). The van der Waals surface area contributed by atoms with E-state index in [1.807, 2.05) is 0 Å². The first-order valence-corrected chi connectivity index (χ1v) is 14.6. The van der Waals surface area contributed by atoms with Crippen LogP contribution in [0.5, 0.6) is 0 Å². The summed E-state index contributed by atoms with van der Waals surface area (Å²) >= 11 is 2.76. The van der Waals surface area contributed by atoms with Gasteiger partial charge in [-0.15, -0.1) is 11.8 Å². The smallest absolute Gasteiger partial charge is 0.305 e. The molecule has 39 heavy (non-hydrogen) atoms. The fraction of sp³-hybridized carbons (Fsp3) is 0.357. The van der Waals surface area contributed by atoms with Crippen molar-refractivity contribution in [2.45, 2.75) is 29.0 Å². The van der Waals surface area contributed by atoms with E-state index >= 15 is 0 Å². The van der Waals surface area contributed by atoms with Crippen molar-refractivity contribution in [2.75, 3.05) is 11.9 Å². The molecule has 3 fully saturated rings. The van der Waals surface area contributed by atoms with Gasteiger partial charge in [0.15, 0.2) is 0 Å². The first kappa shape index (κ1) is 24.7. The molecule has 7 nitrogen and oxygen atoms in total. The van der Waals surface area contributed by atoms with E-state index in [1.165, 1.54) is 41.3 Å². The lowest BCUT2D eigenvalue weighted by molar-refractivity contribution is -0.141. The van der Waals surface area contributed by atoms with Crippen LogP contribution in [0.3, 0.4) is 0 Å². The van der Waals surface area contributed by atoms with E-state index in [4.69, 9.17) is 0 Å². The van der Waals surface area contributed by atoms with Crippen molar-refractivity contribution in [1.29, 1.82) is 0 Å². The zero-order chi connectivity index (χ0) is 27.0. The van der Waals surface area contributed by atoms with Crippen LogP contribution in [0.2, 0.25) is 0 Å². The van der Waals surface area contributed by atoms with Crippen LogP contribution < -0.4 is 10.2 Å². The summed E-state index contributed by atoms with van der Waals surface area (Å²) in [6, 6.07) is 11.7. The Hall–Kier alpha value is -3.31. The van der Waals surface area contributed by atoms with Gasteiger partial charge in [0.1, 0.15) is 11.6 Å². The van der Waals surface area contributed by atoms with E-state index in [-0.39, 0.29) is 70.3 Å². The number of thioether (sulfide) groups is 1. The molecule has 3 heterocycles. The lowest BCUT2D eigenvalue weighted by Gasteiger charge is -2.43. The van der Waals surface area contributed by atoms with Gasteiger partial charge in [-0.05, 0) is 66.1 Å². The van der Waals surface area contributed by atoms with Crippen LogP contribution in [0.1, 0.15) is 29.2 Å². The molecule has 3 amide bonds. The molecule has 2 N–H and O–H groups in total. The van der Waals surface area contributed by atoms with Crippen LogP contribution >= 0.6 is 23.1 Å². The Labute approximate surface area is 230 Å². The molecule has 2 aliphatic carbocycles. The molecular weight excluding hydrogens is 544 g/mol. The predicted octanol–water partition coefficient (Wildman–Crippen LogP) is 4.22. The fourth-order valence-electron chi connectivity index (χ4n) is 7.31. The normalized spacial score (nSPS) is 30.3. The molecule has 1 saturated heterocycles. The minimum atomic E-state index is -0.454. The van der Waals surface area contributed by atoms with E-state index in [2.05, 4.69) is 10.3 Å². The highest BCUT2D eigenvalue weighted by atomic mass is 32.2.